The van der Waals surface area contributed by atoms with Gasteiger partial charge in [0, 0.05) is 12.1 Å². The molecule has 1 fully saturated rings. The topological polar surface area (TPSA) is 12.4 Å². The van der Waals surface area contributed by atoms with E-state index in [0.29, 0.717) is 5.92 Å². The fraction of sp³-hybridized carbons (Fsp3) is 0.385. The molecule has 1 radical (unpaired) electrons. The van der Waals surface area contributed by atoms with Crippen molar-refractivity contribution in [2.24, 2.45) is 10.9 Å². The number of para-hydroxylation sites is 1. The minimum Gasteiger partial charge on any atom is -0.261 e. The van der Waals surface area contributed by atoms with E-state index in [0.717, 1.165) is 5.92 Å². The highest BCUT2D eigenvalue weighted by Crippen LogP contribution is 2.43. The smallest absolute Gasteiger partial charge is 0.0660 e. The van der Waals surface area contributed by atoms with E-state index < -0.39 is 0 Å². The molecule has 0 amide bonds. The standard InChI is InChI=1S/C13H14N/c1-2-6-11-10(5-1)9-14-13-8-4-3-7-12(11)13/h1,3-4,7-11H,2,5-6H2/t10-,11?/m0/s1. The number of benzene rings is 1. The van der Waals surface area contributed by atoms with Crippen LogP contribution in [0.25, 0.3) is 0 Å². The van der Waals surface area contributed by atoms with E-state index in [2.05, 4.69) is 41.9 Å². The van der Waals surface area contributed by atoms with Crippen molar-refractivity contribution in [1.82, 2.24) is 0 Å². The van der Waals surface area contributed by atoms with E-state index in [1.54, 1.807) is 0 Å². The van der Waals surface area contributed by atoms with Gasteiger partial charge in [-0.15, -0.1) is 0 Å². The molecule has 3 rings (SSSR count). The van der Waals surface area contributed by atoms with Gasteiger partial charge < -0.3 is 0 Å². The van der Waals surface area contributed by atoms with Crippen molar-refractivity contribution >= 4 is 11.9 Å². The molecule has 14 heavy (non-hydrogen) atoms. The summed E-state index contributed by atoms with van der Waals surface area (Å²) in [6.45, 7) is 0. The lowest BCUT2D eigenvalue weighted by Gasteiger charge is -2.32. The Bertz CT molecular complexity index is 367. The third-order valence-corrected chi connectivity index (χ3v) is 3.38. The molecule has 2 aliphatic rings. The molecule has 1 aromatic rings. The van der Waals surface area contributed by atoms with Gasteiger partial charge in [-0.3, -0.25) is 4.99 Å². The summed E-state index contributed by atoms with van der Waals surface area (Å²) < 4.78 is 0. The van der Waals surface area contributed by atoms with Crippen LogP contribution in [-0.2, 0) is 0 Å². The van der Waals surface area contributed by atoms with Gasteiger partial charge in [-0.25, -0.2) is 0 Å². The Balaban J connectivity index is 2.05. The first-order valence-electron chi connectivity index (χ1n) is 5.40. The SMILES string of the molecule is [CH]1CCC2c3ccccc3N=C[C@@H]2C1. The maximum Gasteiger partial charge on any atom is 0.0660 e. The molecule has 0 saturated heterocycles. The molecule has 1 heterocycles. The predicted octanol–water partition coefficient (Wildman–Crippen LogP) is 3.49. The second kappa shape index (κ2) is 3.23. The minimum absolute atomic E-state index is 0.665. The lowest BCUT2D eigenvalue weighted by Crippen LogP contribution is -2.21. The minimum atomic E-state index is 0.665. The highest BCUT2D eigenvalue weighted by atomic mass is 14.8. The lowest BCUT2D eigenvalue weighted by atomic mass is 9.74. The molecule has 2 atom stereocenters. The Labute approximate surface area is 84.9 Å². The van der Waals surface area contributed by atoms with Gasteiger partial charge in [0.1, 0.15) is 0 Å². The first-order chi connectivity index (χ1) is 6.95. The van der Waals surface area contributed by atoms with E-state index in [4.69, 9.17) is 0 Å². The van der Waals surface area contributed by atoms with Crippen molar-refractivity contribution in [2.45, 2.75) is 25.2 Å². The van der Waals surface area contributed by atoms with Crippen LogP contribution in [0.4, 0.5) is 5.69 Å². The number of fused-ring (bicyclic) bond motifs is 3. The average Bonchev–Trinajstić information content (AvgIpc) is 2.29. The van der Waals surface area contributed by atoms with Crippen LogP contribution in [0.15, 0.2) is 29.3 Å². The second-order valence-corrected chi connectivity index (χ2v) is 4.21. The summed E-state index contributed by atoms with van der Waals surface area (Å²) in [5.41, 5.74) is 2.66. The van der Waals surface area contributed by atoms with Crippen molar-refractivity contribution in [3.63, 3.8) is 0 Å². The van der Waals surface area contributed by atoms with Gasteiger partial charge in [0.25, 0.3) is 0 Å². The maximum atomic E-state index is 4.53. The van der Waals surface area contributed by atoms with E-state index >= 15 is 0 Å². The molecule has 71 valence electrons. The van der Waals surface area contributed by atoms with Crippen LogP contribution in [0, 0.1) is 12.3 Å². The fourth-order valence-electron chi connectivity index (χ4n) is 2.63. The third-order valence-electron chi connectivity index (χ3n) is 3.38. The zero-order valence-corrected chi connectivity index (χ0v) is 8.19. The first kappa shape index (κ1) is 8.22. The summed E-state index contributed by atoms with van der Waals surface area (Å²) in [4.78, 5) is 4.53. The predicted molar refractivity (Wildman–Crippen MR) is 59.0 cm³/mol. The summed E-state index contributed by atoms with van der Waals surface area (Å²) >= 11 is 0. The van der Waals surface area contributed by atoms with Crippen LogP contribution >= 0.6 is 0 Å². The third kappa shape index (κ3) is 1.19. The largest absolute Gasteiger partial charge is 0.261 e. The Morgan fingerprint density at radius 1 is 1.21 bits per heavy atom. The highest BCUT2D eigenvalue weighted by Gasteiger charge is 2.29. The zero-order chi connectivity index (χ0) is 9.38. The van der Waals surface area contributed by atoms with Crippen LogP contribution in [0.1, 0.15) is 30.7 Å². The van der Waals surface area contributed by atoms with Gasteiger partial charge in [-0.2, -0.15) is 0 Å². The number of hydrogen-bond acceptors (Lipinski definition) is 1. The van der Waals surface area contributed by atoms with E-state index in [1.165, 1.54) is 30.5 Å². The molecule has 1 aliphatic heterocycles. The maximum absolute atomic E-state index is 4.53. The molecule has 0 N–H and O–H groups in total. The lowest BCUT2D eigenvalue weighted by molar-refractivity contribution is 0.442. The van der Waals surface area contributed by atoms with Gasteiger partial charge in [0.2, 0.25) is 0 Å². The van der Waals surface area contributed by atoms with Crippen molar-refractivity contribution < 1.29 is 0 Å². The van der Waals surface area contributed by atoms with E-state index in [1.807, 2.05) is 0 Å². The van der Waals surface area contributed by atoms with Gasteiger partial charge in [0.15, 0.2) is 0 Å². The number of hydrogen-bond donors (Lipinski definition) is 0. The number of aliphatic imine (C=N–C) groups is 1. The highest BCUT2D eigenvalue weighted by molar-refractivity contribution is 5.73. The van der Waals surface area contributed by atoms with E-state index in [9.17, 15) is 0 Å². The number of rotatable bonds is 0. The van der Waals surface area contributed by atoms with Crippen LogP contribution in [0.2, 0.25) is 0 Å². The van der Waals surface area contributed by atoms with Crippen LogP contribution in [0.5, 0.6) is 0 Å². The molecule has 1 heteroatoms. The first-order valence-corrected chi connectivity index (χ1v) is 5.40. The summed E-state index contributed by atoms with van der Waals surface area (Å²) in [6.07, 6.45) is 8.34. The summed E-state index contributed by atoms with van der Waals surface area (Å²) in [5, 5.41) is 0. The Kier molecular flexibility index (Phi) is 1.90. The summed E-state index contributed by atoms with van der Waals surface area (Å²) in [7, 11) is 0. The van der Waals surface area contributed by atoms with Crippen LogP contribution < -0.4 is 0 Å². The van der Waals surface area contributed by atoms with Crippen LogP contribution in [-0.4, -0.2) is 6.21 Å². The van der Waals surface area contributed by atoms with Crippen molar-refractivity contribution in [3.05, 3.63) is 36.2 Å². The van der Waals surface area contributed by atoms with Crippen LogP contribution in [0.3, 0.4) is 0 Å². The molecule has 0 aromatic heterocycles. The summed E-state index contributed by atoms with van der Waals surface area (Å²) in [6, 6.07) is 8.58. The zero-order valence-electron chi connectivity index (χ0n) is 8.19. The molecule has 0 bridgehead atoms. The van der Waals surface area contributed by atoms with Gasteiger partial charge in [-0.1, -0.05) is 18.2 Å². The molecule has 0 spiro atoms. The molecule has 1 aromatic carbocycles. The van der Waals surface area contributed by atoms with Gasteiger partial charge in [-0.05, 0) is 43.2 Å². The second-order valence-electron chi connectivity index (χ2n) is 4.21. The Morgan fingerprint density at radius 3 is 3.14 bits per heavy atom. The quantitative estimate of drug-likeness (QED) is 0.585. The molecular formula is C13H14N. The number of nitrogens with zero attached hydrogens (tertiary/aromatic N) is 1. The Morgan fingerprint density at radius 2 is 2.14 bits per heavy atom. The average molecular weight is 184 g/mol. The molecule has 1 aliphatic carbocycles. The summed E-state index contributed by atoms with van der Waals surface area (Å²) in [5.74, 6) is 1.40. The Hall–Kier alpha value is -1.11. The van der Waals surface area contributed by atoms with Crippen molar-refractivity contribution in [3.8, 4) is 0 Å². The monoisotopic (exact) mass is 184 g/mol. The molecule has 1 nitrogen and oxygen atoms in total. The van der Waals surface area contributed by atoms with Gasteiger partial charge >= 0.3 is 0 Å². The normalized spacial score (nSPS) is 29.4. The van der Waals surface area contributed by atoms with Crippen molar-refractivity contribution in [2.75, 3.05) is 0 Å². The van der Waals surface area contributed by atoms with Crippen molar-refractivity contribution in [1.29, 1.82) is 0 Å². The molecular weight excluding hydrogens is 170 g/mol. The van der Waals surface area contributed by atoms with E-state index in [-0.39, 0.29) is 0 Å². The molecule has 1 saturated carbocycles. The molecule has 1 unspecified atom stereocenters. The van der Waals surface area contributed by atoms with Gasteiger partial charge in [0.05, 0.1) is 5.69 Å². The fourth-order valence-corrected chi connectivity index (χ4v) is 2.63.